The van der Waals surface area contributed by atoms with Gasteiger partial charge in [-0.3, -0.25) is 0 Å². The van der Waals surface area contributed by atoms with Crippen LogP contribution in [0.4, 0.5) is 0 Å². The fourth-order valence-electron chi connectivity index (χ4n) is 4.33. The Hall–Kier alpha value is -2.63. The van der Waals surface area contributed by atoms with Crippen molar-refractivity contribution in [1.82, 2.24) is 19.7 Å². The lowest BCUT2D eigenvalue weighted by atomic mass is 10.0. The number of ether oxygens (including phenoxy) is 2. The SMILES string of the molecule is Cc1cc(-c2c(C)nn(-c3nc(-c4ccc(Cl)c(Cl)c4)c(SC(C)C)s3)c2C(=O)O)cc(OC2CCOC2)n1. The minimum absolute atomic E-state index is 0.0174. The van der Waals surface area contributed by atoms with Gasteiger partial charge in [0.25, 0.3) is 0 Å². The van der Waals surface area contributed by atoms with Gasteiger partial charge in [-0.15, -0.1) is 11.8 Å². The number of aromatic carboxylic acids is 1. The van der Waals surface area contributed by atoms with Crippen LogP contribution in [-0.4, -0.2) is 55.4 Å². The van der Waals surface area contributed by atoms with E-state index in [4.69, 9.17) is 37.7 Å². The minimum atomic E-state index is -1.11. The molecule has 1 atom stereocenters. The van der Waals surface area contributed by atoms with Crippen LogP contribution in [0.25, 0.3) is 27.5 Å². The zero-order valence-corrected chi connectivity index (χ0v) is 24.8. The molecule has 8 nitrogen and oxygen atoms in total. The summed E-state index contributed by atoms with van der Waals surface area (Å²) in [6, 6.07) is 8.94. The third-order valence-corrected chi connectivity index (χ3v) is 8.94. The van der Waals surface area contributed by atoms with Crippen LogP contribution in [0.2, 0.25) is 10.0 Å². The predicted molar refractivity (Wildman–Crippen MR) is 155 cm³/mol. The summed E-state index contributed by atoms with van der Waals surface area (Å²) in [6.45, 7) is 8.96. The Labute approximate surface area is 244 Å². The molecule has 0 spiro atoms. The molecule has 1 aliphatic rings. The Morgan fingerprint density at radius 3 is 2.64 bits per heavy atom. The van der Waals surface area contributed by atoms with Gasteiger partial charge in [0.2, 0.25) is 11.0 Å². The molecule has 39 heavy (non-hydrogen) atoms. The first kappa shape index (κ1) is 27.9. The number of thioether (sulfide) groups is 1. The van der Waals surface area contributed by atoms with Crippen LogP contribution in [0.3, 0.4) is 0 Å². The van der Waals surface area contributed by atoms with Crippen molar-refractivity contribution < 1.29 is 19.4 Å². The lowest BCUT2D eigenvalue weighted by molar-refractivity contribution is 0.0687. The number of hydrogen-bond donors (Lipinski definition) is 1. The average molecular weight is 606 g/mol. The summed E-state index contributed by atoms with van der Waals surface area (Å²) in [5.41, 5.74) is 3.92. The number of aryl methyl sites for hydroxylation is 2. The van der Waals surface area contributed by atoms with Gasteiger partial charge < -0.3 is 14.6 Å². The van der Waals surface area contributed by atoms with Gasteiger partial charge in [-0.05, 0) is 37.6 Å². The van der Waals surface area contributed by atoms with Crippen molar-refractivity contribution in [2.75, 3.05) is 13.2 Å². The molecule has 204 valence electrons. The predicted octanol–water partition coefficient (Wildman–Crippen LogP) is 7.35. The molecule has 4 heterocycles. The number of benzene rings is 1. The van der Waals surface area contributed by atoms with Gasteiger partial charge in [0, 0.05) is 34.6 Å². The third-order valence-electron chi connectivity index (χ3n) is 5.96. The molecule has 1 saturated heterocycles. The van der Waals surface area contributed by atoms with E-state index in [1.807, 2.05) is 19.1 Å². The zero-order chi connectivity index (χ0) is 27.8. The largest absolute Gasteiger partial charge is 0.476 e. The number of carboxylic acid groups (broad SMARTS) is 1. The summed E-state index contributed by atoms with van der Waals surface area (Å²) in [5, 5.41) is 16.6. The van der Waals surface area contributed by atoms with Gasteiger partial charge in [0.05, 0.1) is 38.9 Å². The van der Waals surface area contributed by atoms with E-state index in [2.05, 4.69) is 23.9 Å². The number of aromatic nitrogens is 4. The maximum atomic E-state index is 12.7. The molecule has 1 N–H and O–H groups in total. The molecule has 1 fully saturated rings. The molecule has 1 unspecified atom stereocenters. The van der Waals surface area contributed by atoms with E-state index in [1.54, 1.807) is 36.9 Å². The maximum absolute atomic E-state index is 12.7. The van der Waals surface area contributed by atoms with Gasteiger partial charge in [0.1, 0.15) is 6.10 Å². The Morgan fingerprint density at radius 1 is 1.18 bits per heavy atom. The lowest BCUT2D eigenvalue weighted by Crippen LogP contribution is -2.16. The molecule has 3 aromatic heterocycles. The number of halogens is 2. The van der Waals surface area contributed by atoms with Crippen molar-refractivity contribution in [2.24, 2.45) is 0 Å². The highest BCUT2D eigenvalue weighted by Crippen LogP contribution is 2.42. The van der Waals surface area contributed by atoms with E-state index in [0.29, 0.717) is 62.5 Å². The molecule has 0 saturated carbocycles. The van der Waals surface area contributed by atoms with Crippen LogP contribution in [0.15, 0.2) is 34.5 Å². The monoisotopic (exact) mass is 604 g/mol. The number of thiazole rings is 1. The first-order chi connectivity index (χ1) is 18.6. The topological polar surface area (TPSA) is 99.4 Å². The summed E-state index contributed by atoms with van der Waals surface area (Å²) in [6.07, 6.45) is 0.700. The minimum Gasteiger partial charge on any atom is -0.476 e. The van der Waals surface area contributed by atoms with Crippen LogP contribution in [-0.2, 0) is 4.74 Å². The van der Waals surface area contributed by atoms with E-state index < -0.39 is 5.97 Å². The van der Waals surface area contributed by atoms with Gasteiger partial charge in [0.15, 0.2) is 5.69 Å². The molecular weight excluding hydrogens is 579 g/mol. The molecule has 1 aliphatic heterocycles. The van der Waals surface area contributed by atoms with Crippen LogP contribution in [0.1, 0.15) is 42.1 Å². The van der Waals surface area contributed by atoms with Crippen molar-refractivity contribution in [3.63, 3.8) is 0 Å². The van der Waals surface area contributed by atoms with E-state index in [9.17, 15) is 9.90 Å². The van der Waals surface area contributed by atoms with E-state index in [1.165, 1.54) is 16.0 Å². The maximum Gasteiger partial charge on any atom is 0.355 e. The van der Waals surface area contributed by atoms with Crippen LogP contribution in [0, 0.1) is 13.8 Å². The van der Waals surface area contributed by atoms with Gasteiger partial charge >= 0.3 is 5.97 Å². The normalized spacial score (nSPS) is 15.3. The van der Waals surface area contributed by atoms with Gasteiger partial charge in [-0.25, -0.2) is 14.8 Å². The zero-order valence-electron chi connectivity index (χ0n) is 21.7. The second-order valence-corrected chi connectivity index (χ2v) is 13.0. The van der Waals surface area contributed by atoms with E-state index in [0.717, 1.165) is 16.2 Å². The van der Waals surface area contributed by atoms with Gasteiger partial charge in [-0.1, -0.05) is 54.5 Å². The first-order valence-corrected chi connectivity index (χ1v) is 14.8. The smallest absolute Gasteiger partial charge is 0.355 e. The van der Waals surface area contributed by atoms with Crippen LogP contribution >= 0.6 is 46.3 Å². The second kappa shape index (κ2) is 11.5. The van der Waals surface area contributed by atoms with Crippen molar-refractivity contribution >= 4 is 52.3 Å². The highest BCUT2D eigenvalue weighted by atomic mass is 35.5. The highest BCUT2D eigenvalue weighted by Gasteiger charge is 2.28. The number of rotatable bonds is 8. The van der Waals surface area contributed by atoms with Crippen molar-refractivity contribution in [2.45, 2.75) is 49.7 Å². The Kier molecular flexibility index (Phi) is 8.21. The molecule has 1 aromatic carbocycles. The second-order valence-electron chi connectivity index (χ2n) is 9.39. The molecule has 0 aliphatic carbocycles. The van der Waals surface area contributed by atoms with Crippen LogP contribution < -0.4 is 4.74 Å². The Balaban J connectivity index is 1.62. The van der Waals surface area contributed by atoms with Crippen LogP contribution in [0.5, 0.6) is 5.88 Å². The summed E-state index contributed by atoms with van der Waals surface area (Å²) in [4.78, 5) is 22.0. The fraction of sp³-hybridized carbons (Fsp3) is 0.333. The number of pyridine rings is 1. The van der Waals surface area contributed by atoms with Crippen molar-refractivity contribution in [1.29, 1.82) is 0 Å². The molecule has 0 radical (unpaired) electrons. The fourth-order valence-corrected chi connectivity index (χ4v) is 7.11. The summed E-state index contributed by atoms with van der Waals surface area (Å²) in [7, 11) is 0. The molecule has 12 heteroatoms. The Bertz CT molecular complexity index is 1550. The third kappa shape index (κ3) is 5.95. The average Bonchev–Trinajstić information content (AvgIpc) is 3.59. The quantitative estimate of drug-likeness (QED) is 0.208. The number of carboxylic acids is 1. The number of carbonyl (C=O) groups is 1. The van der Waals surface area contributed by atoms with Gasteiger partial charge in [-0.2, -0.15) is 9.78 Å². The van der Waals surface area contributed by atoms with E-state index in [-0.39, 0.29) is 17.0 Å². The first-order valence-electron chi connectivity index (χ1n) is 12.3. The highest BCUT2D eigenvalue weighted by molar-refractivity contribution is 8.01. The lowest BCUT2D eigenvalue weighted by Gasteiger charge is -2.13. The summed E-state index contributed by atoms with van der Waals surface area (Å²) >= 11 is 15.5. The summed E-state index contributed by atoms with van der Waals surface area (Å²) in [5.74, 6) is -0.688. The standard InChI is InChI=1S/C27H26Cl2N4O4S2/c1-13(2)38-26-23(16-5-6-19(28)20(29)10-16)31-27(39-26)33-24(25(34)35)22(15(4)32-33)17-9-14(3)30-21(11-17)37-18-7-8-36-12-18/h5-6,9-11,13,18H,7-8,12H2,1-4H3,(H,34,35). The van der Waals surface area contributed by atoms with Crippen molar-refractivity contribution in [3.05, 3.63) is 57.5 Å². The molecular formula is C27H26Cl2N4O4S2. The van der Waals surface area contributed by atoms with Crippen molar-refractivity contribution in [3.8, 4) is 33.4 Å². The summed E-state index contributed by atoms with van der Waals surface area (Å²) < 4.78 is 13.8. The molecule has 0 amide bonds. The molecule has 4 aromatic rings. The Morgan fingerprint density at radius 2 is 1.97 bits per heavy atom. The molecule has 5 rings (SSSR count). The number of hydrogen-bond acceptors (Lipinski definition) is 8. The number of nitrogens with zero attached hydrogens (tertiary/aromatic N) is 4. The molecule has 0 bridgehead atoms. The van der Waals surface area contributed by atoms with E-state index >= 15 is 0 Å².